The Labute approximate surface area is 135 Å². The predicted octanol–water partition coefficient (Wildman–Crippen LogP) is 4.48. The Morgan fingerprint density at radius 1 is 1.35 bits per heavy atom. The first-order chi connectivity index (χ1) is 9.47. The largest absolute Gasteiger partial charge is 0.379 e. The summed E-state index contributed by atoms with van der Waals surface area (Å²) in [5.41, 5.74) is 1.37. The molecular formula is C14H14BrClN2OS. The zero-order valence-electron chi connectivity index (χ0n) is 11.1. The van der Waals surface area contributed by atoms with Crippen molar-refractivity contribution in [3.05, 3.63) is 49.6 Å². The van der Waals surface area contributed by atoms with Crippen LogP contribution in [-0.2, 0) is 6.54 Å². The number of carbonyl (C=O) groups is 1. The molecule has 20 heavy (non-hydrogen) atoms. The maximum Gasteiger partial charge on any atom is 0.255 e. The zero-order valence-corrected chi connectivity index (χ0v) is 14.3. The maximum absolute atomic E-state index is 12.1. The fraction of sp³-hybridized carbons (Fsp3) is 0.214. The van der Waals surface area contributed by atoms with Gasteiger partial charge in [-0.05, 0) is 46.3 Å². The van der Waals surface area contributed by atoms with Gasteiger partial charge in [0, 0.05) is 36.2 Å². The van der Waals surface area contributed by atoms with E-state index in [1.54, 1.807) is 48.5 Å². The maximum atomic E-state index is 12.1. The molecule has 0 unspecified atom stereocenters. The number of carbonyl (C=O) groups excluding carboxylic acids is 1. The Kier molecular flexibility index (Phi) is 5.07. The molecule has 1 aromatic carbocycles. The van der Waals surface area contributed by atoms with Crippen LogP contribution in [0.4, 0.5) is 5.69 Å². The van der Waals surface area contributed by atoms with E-state index in [0.29, 0.717) is 17.1 Å². The molecule has 1 N–H and O–H groups in total. The summed E-state index contributed by atoms with van der Waals surface area (Å²) >= 11 is 11.1. The van der Waals surface area contributed by atoms with Crippen LogP contribution in [0.2, 0.25) is 5.02 Å². The Morgan fingerprint density at radius 2 is 2.10 bits per heavy atom. The first kappa shape index (κ1) is 15.4. The van der Waals surface area contributed by atoms with Gasteiger partial charge in [0.15, 0.2) is 0 Å². The van der Waals surface area contributed by atoms with Crippen LogP contribution in [0.1, 0.15) is 15.2 Å². The van der Waals surface area contributed by atoms with Gasteiger partial charge in [-0.2, -0.15) is 0 Å². The summed E-state index contributed by atoms with van der Waals surface area (Å²) < 4.78 is 1.09. The fourth-order valence-electron chi connectivity index (χ4n) is 1.72. The fourth-order valence-corrected chi connectivity index (χ4v) is 3.31. The standard InChI is InChI=1S/C14H14BrClN2OS/c1-18(2)14(19)11-5-3-9(16)7-12(11)17-8-10-4-6-13(15)20-10/h3-7,17H,8H2,1-2H3. The van der Waals surface area contributed by atoms with E-state index in [0.717, 1.165) is 9.47 Å². The second-order valence-electron chi connectivity index (χ2n) is 4.45. The van der Waals surface area contributed by atoms with Gasteiger partial charge in [-0.25, -0.2) is 0 Å². The van der Waals surface area contributed by atoms with Crippen LogP contribution >= 0.6 is 38.9 Å². The van der Waals surface area contributed by atoms with Crippen molar-refractivity contribution in [2.75, 3.05) is 19.4 Å². The van der Waals surface area contributed by atoms with Crippen molar-refractivity contribution < 1.29 is 4.79 Å². The van der Waals surface area contributed by atoms with E-state index in [2.05, 4.69) is 21.2 Å². The van der Waals surface area contributed by atoms with Crippen molar-refractivity contribution in [2.24, 2.45) is 0 Å². The monoisotopic (exact) mass is 372 g/mol. The molecule has 0 saturated heterocycles. The molecule has 0 aliphatic heterocycles. The average Bonchev–Trinajstić information content (AvgIpc) is 2.81. The van der Waals surface area contributed by atoms with Crippen LogP contribution in [-0.4, -0.2) is 24.9 Å². The summed E-state index contributed by atoms with van der Waals surface area (Å²) in [5.74, 6) is -0.0449. The normalized spacial score (nSPS) is 10.4. The number of rotatable bonds is 4. The zero-order chi connectivity index (χ0) is 14.7. The molecular weight excluding hydrogens is 360 g/mol. The molecule has 3 nitrogen and oxygen atoms in total. The van der Waals surface area contributed by atoms with E-state index in [4.69, 9.17) is 11.6 Å². The second kappa shape index (κ2) is 6.61. The predicted molar refractivity (Wildman–Crippen MR) is 88.8 cm³/mol. The molecule has 0 aliphatic rings. The lowest BCUT2D eigenvalue weighted by Gasteiger charge is -2.15. The number of halogens is 2. The van der Waals surface area contributed by atoms with Gasteiger partial charge in [-0.15, -0.1) is 11.3 Å². The third-order valence-electron chi connectivity index (χ3n) is 2.70. The van der Waals surface area contributed by atoms with Crippen LogP contribution in [0, 0.1) is 0 Å². The smallest absolute Gasteiger partial charge is 0.255 e. The van der Waals surface area contributed by atoms with Crippen LogP contribution < -0.4 is 5.32 Å². The van der Waals surface area contributed by atoms with Crippen LogP contribution in [0.5, 0.6) is 0 Å². The first-order valence-electron chi connectivity index (χ1n) is 5.96. The number of thiophene rings is 1. The van der Waals surface area contributed by atoms with Crippen LogP contribution in [0.15, 0.2) is 34.1 Å². The highest BCUT2D eigenvalue weighted by atomic mass is 79.9. The lowest BCUT2D eigenvalue weighted by molar-refractivity contribution is 0.0828. The number of benzene rings is 1. The van der Waals surface area contributed by atoms with E-state index in [9.17, 15) is 4.79 Å². The molecule has 1 amide bonds. The number of hydrogen-bond donors (Lipinski definition) is 1. The van der Waals surface area contributed by atoms with E-state index < -0.39 is 0 Å². The Bertz CT molecular complexity index is 627. The third kappa shape index (κ3) is 3.75. The van der Waals surface area contributed by atoms with Crippen molar-refractivity contribution in [3.8, 4) is 0 Å². The molecule has 6 heteroatoms. The Hall–Kier alpha value is -1.04. The van der Waals surface area contributed by atoms with Gasteiger partial charge < -0.3 is 10.2 Å². The van der Waals surface area contributed by atoms with Crippen LogP contribution in [0.3, 0.4) is 0 Å². The molecule has 1 heterocycles. The number of nitrogens with zero attached hydrogens (tertiary/aromatic N) is 1. The molecule has 0 radical (unpaired) electrons. The molecule has 0 aliphatic carbocycles. The first-order valence-corrected chi connectivity index (χ1v) is 7.95. The number of anilines is 1. The minimum absolute atomic E-state index is 0.0449. The second-order valence-corrected chi connectivity index (χ2v) is 7.43. The van der Waals surface area contributed by atoms with Crippen LogP contribution in [0.25, 0.3) is 0 Å². The molecule has 0 spiro atoms. The summed E-state index contributed by atoms with van der Waals surface area (Å²) in [6.07, 6.45) is 0. The van der Waals surface area contributed by atoms with E-state index >= 15 is 0 Å². The summed E-state index contributed by atoms with van der Waals surface area (Å²) in [6.45, 7) is 0.657. The van der Waals surface area contributed by atoms with E-state index in [1.807, 2.05) is 12.1 Å². The van der Waals surface area contributed by atoms with Gasteiger partial charge in [0.2, 0.25) is 0 Å². The van der Waals surface area contributed by atoms with Gasteiger partial charge in [0.1, 0.15) is 0 Å². The SMILES string of the molecule is CN(C)C(=O)c1ccc(Cl)cc1NCc1ccc(Br)s1. The third-order valence-corrected chi connectivity index (χ3v) is 4.56. The Morgan fingerprint density at radius 3 is 2.70 bits per heavy atom. The minimum atomic E-state index is -0.0449. The van der Waals surface area contributed by atoms with Crippen molar-refractivity contribution in [1.29, 1.82) is 0 Å². The summed E-state index contributed by atoms with van der Waals surface area (Å²) in [4.78, 5) is 14.9. The van der Waals surface area contributed by atoms with Gasteiger partial charge in [0.25, 0.3) is 5.91 Å². The summed E-state index contributed by atoms with van der Waals surface area (Å²) in [5, 5.41) is 3.88. The summed E-state index contributed by atoms with van der Waals surface area (Å²) in [7, 11) is 3.47. The highest BCUT2D eigenvalue weighted by molar-refractivity contribution is 9.11. The Balaban J connectivity index is 2.21. The van der Waals surface area contributed by atoms with Gasteiger partial charge in [0.05, 0.1) is 9.35 Å². The van der Waals surface area contributed by atoms with E-state index in [-0.39, 0.29) is 5.91 Å². The minimum Gasteiger partial charge on any atom is -0.379 e. The van der Waals surface area contributed by atoms with Gasteiger partial charge in [-0.3, -0.25) is 4.79 Å². The quantitative estimate of drug-likeness (QED) is 0.857. The topological polar surface area (TPSA) is 32.3 Å². The van der Waals surface area contributed by atoms with Crippen molar-refractivity contribution in [2.45, 2.75) is 6.54 Å². The molecule has 106 valence electrons. The number of amides is 1. The highest BCUT2D eigenvalue weighted by Crippen LogP contribution is 2.26. The van der Waals surface area contributed by atoms with Crippen molar-refractivity contribution >= 4 is 50.5 Å². The van der Waals surface area contributed by atoms with Crippen molar-refractivity contribution in [1.82, 2.24) is 4.90 Å². The molecule has 0 bridgehead atoms. The lowest BCUT2D eigenvalue weighted by Crippen LogP contribution is -2.22. The molecule has 0 atom stereocenters. The molecule has 0 fully saturated rings. The number of hydrogen-bond acceptors (Lipinski definition) is 3. The highest BCUT2D eigenvalue weighted by Gasteiger charge is 2.13. The van der Waals surface area contributed by atoms with Crippen molar-refractivity contribution in [3.63, 3.8) is 0 Å². The molecule has 2 aromatic rings. The average molecular weight is 374 g/mol. The van der Waals surface area contributed by atoms with Gasteiger partial charge in [-0.1, -0.05) is 11.6 Å². The molecule has 0 saturated carbocycles. The summed E-state index contributed by atoms with van der Waals surface area (Å²) in [6, 6.07) is 9.30. The lowest BCUT2D eigenvalue weighted by atomic mass is 10.1. The molecule has 1 aromatic heterocycles. The molecule has 2 rings (SSSR count). The van der Waals surface area contributed by atoms with E-state index in [1.165, 1.54) is 4.88 Å². The van der Waals surface area contributed by atoms with Gasteiger partial charge >= 0.3 is 0 Å². The number of nitrogens with one attached hydrogen (secondary N) is 1.